The number of aromatic nitrogens is 4. The average Bonchev–Trinajstić information content (AvgIpc) is 3.24. The number of aryl methyl sites for hydroxylation is 1. The molecule has 4 heterocycles. The third-order valence-electron chi connectivity index (χ3n) is 4.09. The zero-order valence-corrected chi connectivity index (χ0v) is 13.0. The van der Waals surface area contributed by atoms with Crippen LogP contribution in [0.2, 0.25) is 0 Å². The summed E-state index contributed by atoms with van der Waals surface area (Å²) in [6.45, 7) is 2.63. The lowest BCUT2D eigenvalue weighted by molar-refractivity contribution is 0.0733. The van der Waals surface area contributed by atoms with Gasteiger partial charge < -0.3 is 4.90 Å². The Balaban J connectivity index is 1.72. The minimum absolute atomic E-state index is 0.0219. The number of hydrogen-bond donors (Lipinski definition) is 0. The summed E-state index contributed by atoms with van der Waals surface area (Å²) >= 11 is 1.40. The molecule has 4 rings (SSSR count). The van der Waals surface area contributed by atoms with Gasteiger partial charge in [0.25, 0.3) is 5.91 Å². The molecule has 0 saturated carbocycles. The first-order chi connectivity index (χ1) is 10.8. The van der Waals surface area contributed by atoms with Crippen LogP contribution in [0.15, 0.2) is 29.9 Å². The van der Waals surface area contributed by atoms with Crippen molar-refractivity contribution in [3.8, 4) is 0 Å². The first kappa shape index (κ1) is 13.4. The van der Waals surface area contributed by atoms with Crippen LogP contribution in [-0.2, 0) is 0 Å². The number of hydrogen-bond acceptors (Lipinski definition) is 5. The molecule has 1 aliphatic rings. The molecule has 0 spiro atoms. The number of nitrogens with zero attached hydrogens (tertiary/aromatic N) is 5. The number of amides is 1. The summed E-state index contributed by atoms with van der Waals surface area (Å²) in [4.78, 5) is 19.6. The van der Waals surface area contributed by atoms with Gasteiger partial charge in [0.1, 0.15) is 4.88 Å². The predicted molar refractivity (Wildman–Crippen MR) is 82.8 cm³/mol. The van der Waals surface area contributed by atoms with Crippen molar-refractivity contribution in [1.29, 1.82) is 0 Å². The summed E-state index contributed by atoms with van der Waals surface area (Å²) in [7, 11) is 0. The molecule has 0 radical (unpaired) electrons. The third kappa shape index (κ3) is 2.00. The van der Waals surface area contributed by atoms with Crippen molar-refractivity contribution in [3.63, 3.8) is 0 Å². The van der Waals surface area contributed by atoms with Crippen LogP contribution >= 0.6 is 11.3 Å². The van der Waals surface area contributed by atoms with Crippen molar-refractivity contribution in [3.05, 3.63) is 46.3 Å². The Morgan fingerprint density at radius 3 is 3.09 bits per heavy atom. The fraction of sp³-hybridized carbons (Fsp3) is 0.333. The Morgan fingerprint density at radius 1 is 1.36 bits per heavy atom. The molecule has 7 heteroatoms. The lowest BCUT2D eigenvalue weighted by Gasteiger charge is -2.23. The lowest BCUT2D eigenvalue weighted by atomic mass is 10.2. The highest BCUT2D eigenvalue weighted by Crippen LogP contribution is 2.33. The Morgan fingerprint density at radius 2 is 2.27 bits per heavy atom. The van der Waals surface area contributed by atoms with Crippen LogP contribution in [-0.4, -0.2) is 36.9 Å². The van der Waals surface area contributed by atoms with E-state index in [1.54, 1.807) is 5.51 Å². The van der Waals surface area contributed by atoms with Crippen LogP contribution in [0.3, 0.4) is 0 Å². The van der Waals surface area contributed by atoms with Gasteiger partial charge in [0.15, 0.2) is 11.5 Å². The molecule has 1 atom stereocenters. The van der Waals surface area contributed by atoms with Crippen LogP contribution in [0.4, 0.5) is 0 Å². The van der Waals surface area contributed by atoms with E-state index in [9.17, 15) is 4.79 Å². The average molecular weight is 313 g/mol. The molecule has 112 valence electrons. The molecule has 3 aromatic heterocycles. The SMILES string of the molecule is Cc1ncsc1C(=O)N1CCC[C@@H]1c1nnc2ccccn12. The number of pyridine rings is 1. The Labute approximate surface area is 131 Å². The molecule has 1 amide bonds. The highest BCUT2D eigenvalue weighted by atomic mass is 32.1. The molecule has 0 aliphatic carbocycles. The first-order valence-corrected chi connectivity index (χ1v) is 8.14. The number of carbonyl (C=O) groups excluding carboxylic acids is 1. The molecule has 0 bridgehead atoms. The van der Waals surface area contributed by atoms with Gasteiger partial charge in [0, 0.05) is 12.7 Å². The molecule has 6 nitrogen and oxygen atoms in total. The largest absolute Gasteiger partial charge is 0.328 e. The normalized spacial score (nSPS) is 18.2. The highest BCUT2D eigenvalue weighted by molar-refractivity contribution is 7.11. The lowest BCUT2D eigenvalue weighted by Crippen LogP contribution is -2.31. The molecule has 0 N–H and O–H groups in total. The Kier molecular flexibility index (Phi) is 3.15. The van der Waals surface area contributed by atoms with E-state index < -0.39 is 0 Å². The van der Waals surface area contributed by atoms with E-state index in [0.717, 1.165) is 41.4 Å². The van der Waals surface area contributed by atoms with Crippen molar-refractivity contribution < 1.29 is 4.79 Å². The summed E-state index contributed by atoms with van der Waals surface area (Å²) in [5.74, 6) is 0.888. The molecular formula is C15H15N5OS. The van der Waals surface area contributed by atoms with E-state index in [1.807, 2.05) is 40.6 Å². The van der Waals surface area contributed by atoms with Gasteiger partial charge in [-0.25, -0.2) is 4.98 Å². The summed E-state index contributed by atoms with van der Waals surface area (Å²) in [6.07, 6.45) is 3.85. The van der Waals surface area contributed by atoms with E-state index in [0.29, 0.717) is 0 Å². The minimum Gasteiger partial charge on any atom is -0.328 e. The van der Waals surface area contributed by atoms with Gasteiger partial charge in [-0.05, 0) is 31.9 Å². The zero-order chi connectivity index (χ0) is 15.1. The number of fused-ring (bicyclic) bond motifs is 1. The second-order valence-electron chi connectivity index (χ2n) is 5.41. The quantitative estimate of drug-likeness (QED) is 0.729. The van der Waals surface area contributed by atoms with Crippen LogP contribution in [0.25, 0.3) is 5.65 Å². The maximum absolute atomic E-state index is 12.8. The van der Waals surface area contributed by atoms with Gasteiger partial charge >= 0.3 is 0 Å². The summed E-state index contributed by atoms with van der Waals surface area (Å²) in [6, 6.07) is 5.79. The van der Waals surface area contributed by atoms with Gasteiger partial charge in [-0.3, -0.25) is 9.20 Å². The van der Waals surface area contributed by atoms with Crippen LogP contribution in [0, 0.1) is 6.92 Å². The van der Waals surface area contributed by atoms with E-state index in [-0.39, 0.29) is 11.9 Å². The van der Waals surface area contributed by atoms with Crippen molar-refractivity contribution in [2.24, 2.45) is 0 Å². The predicted octanol–water partition coefficient (Wildman–Crippen LogP) is 2.47. The van der Waals surface area contributed by atoms with Gasteiger partial charge in [0.05, 0.1) is 17.2 Å². The van der Waals surface area contributed by atoms with Crippen LogP contribution < -0.4 is 0 Å². The van der Waals surface area contributed by atoms with Gasteiger partial charge in [0.2, 0.25) is 0 Å². The van der Waals surface area contributed by atoms with Crippen LogP contribution in [0.5, 0.6) is 0 Å². The highest BCUT2D eigenvalue weighted by Gasteiger charge is 2.34. The summed E-state index contributed by atoms with van der Waals surface area (Å²) in [5.41, 5.74) is 3.33. The van der Waals surface area contributed by atoms with Gasteiger partial charge in [-0.15, -0.1) is 21.5 Å². The molecule has 22 heavy (non-hydrogen) atoms. The Hall–Kier alpha value is -2.28. The summed E-state index contributed by atoms with van der Waals surface area (Å²) < 4.78 is 1.97. The van der Waals surface area contributed by atoms with E-state index in [4.69, 9.17) is 0 Å². The van der Waals surface area contributed by atoms with Crippen molar-refractivity contribution in [1.82, 2.24) is 24.5 Å². The maximum Gasteiger partial charge on any atom is 0.266 e. The molecule has 3 aromatic rings. The minimum atomic E-state index is -0.0219. The van der Waals surface area contributed by atoms with Gasteiger partial charge in [-0.1, -0.05) is 6.07 Å². The second kappa shape index (κ2) is 5.17. The Bertz CT molecular complexity index is 839. The topological polar surface area (TPSA) is 63.4 Å². The molecule has 1 fully saturated rings. The van der Waals surface area contributed by atoms with E-state index >= 15 is 0 Å². The second-order valence-corrected chi connectivity index (χ2v) is 6.27. The molecule has 1 aliphatic heterocycles. The molecule has 1 saturated heterocycles. The monoisotopic (exact) mass is 313 g/mol. The fourth-order valence-corrected chi connectivity index (χ4v) is 3.76. The zero-order valence-electron chi connectivity index (χ0n) is 12.1. The molecule has 0 aromatic carbocycles. The van der Waals surface area contributed by atoms with E-state index in [2.05, 4.69) is 15.2 Å². The van der Waals surface area contributed by atoms with Crippen molar-refractivity contribution >= 4 is 22.9 Å². The first-order valence-electron chi connectivity index (χ1n) is 7.26. The maximum atomic E-state index is 12.8. The summed E-state index contributed by atoms with van der Waals surface area (Å²) in [5, 5.41) is 8.52. The smallest absolute Gasteiger partial charge is 0.266 e. The molecule has 0 unspecified atom stereocenters. The standard InChI is InChI=1S/C15H15N5OS/c1-10-13(22-9-16-10)15(21)19-8-4-5-11(19)14-18-17-12-6-2-3-7-20(12)14/h2-3,6-7,9,11H,4-5,8H2,1H3/t11-/m1/s1. The number of likely N-dealkylation sites (tertiary alicyclic amines) is 1. The van der Waals surface area contributed by atoms with Crippen molar-refractivity contribution in [2.75, 3.05) is 6.54 Å². The van der Waals surface area contributed by atoms with Crippen LogP contribution in [0.1, 0.15) is 40.1 Å². The molecular weight excluding hydrogens is 298 g/mol. The van der Waals surface area contributed by atoms with Crippen molar-refractivity contribution in [2.45, 2.75) is 25.8 Å². The fourth-order valence-electron chi connectivity index (χ4n) is 3.00. The third-order valence-corrected chi connectivity index (χ3v) is 5.01. The number of thiazole rings is 1. The number of carbonyl (C=O) groups is 1. The van der Waals surface area contributed by atoms with E-state index in [1.165, 1.54) is 11.3 Å². The number of rotatable bonds is 2. The van der Waals surface area contributed by atoms with Gasteiger partial charge in [-0.2, -0.15) is 0 Å².